The molecule has 1 amide bonds. The summed E-state index contributed by atoms with van der Waals surface area (Å²) >= 11 is 1.67. The smallest absolute Gasteiger partial charge is 0.253 e. The lowest BCUT2D eigenvalue weighted by atomic mass is 10.1. The summed E-state index contributed by atoms with van der Waals surface area (Å²) in [6.07, 6.45) is 2.78. The van der Waals surface area contributed by atoms with Gasteiger partial charge in [-0.15, -0.1) is 0 Å². The molecule has 0 saturated heterocycles. The van der Waals surface area contributed by atoms with E-state index in [0.717, 1.165) is 24.3 Å². The number of nitrogens with two attached hydrogens (primary N) is 1. The van der Waals surface area contributed by atoms with Crippen LogP contribution in [-0.4, -0.2) is 24.0 Å². The zero-order valence-corrected chi connectivity index (χ0v) is 11.1. The number of amides is 1. The number of nitrogen functional groups attached to an aromatic ring is 1. The summed E-state index contributed by atoms with van der Waals surface area (Å²) in [6, 6.07) is 1.59. The Kier molecular flexibility index (Phi) is 5.40. The Labute approximate surface area is 109 Å². The van der Waals surface area contributed by atoms with Crippen LogP contribution in [0.2, 0.25) is 0 Å². The summed E-state index contributed by atoms with van der Waals surface area (Å²) in [5.41, 5.74) is 5.39. The highest BCUT2D eigenvalue weighted by Gasteiger charge is 2.15. The maximum absolute atomic E-state index is 13.0. The molecule has 0 spiro atoms. The van der Waals surface area contributed by atoms with Crippen molar-refractivity contribution in [2.45, 2.75) is 19.4 Å². The predicted octanol–water partition coefficient (Wildman–Crippen LogP) is 2.42. The third-order valence-electron chi connectivity index (χ3n) is 2.47. The number of thioether (sulfide) groups is 1. The lowest BCUT2D eigenvalue weighted by Crippen LogP contribution is -2.33. The minimum Gasteiger partial charge on any atom is -0.398 e. The SMILES string of the molecule is CSCCC(C)NC(=O)c1cc(F)c(F)cc1N. The number of rotatable bonds is 5. The third-order valence-corrected chi connectivity index (χ3v) is 3.11. The van der Waals surface area contributed by atoms with Gasteiger partial charge in [0.25, 0.3) is 5.91 Å². The largest absolute Gasteiger partial charge is 0.398 e. The Bertz CT molecular complexity index is 440. The number of anilines is 1. The van der Waals surface area contributed by atoms with E-state index in [4.69, 9.17) is 5.73 Å². The summed E-state index contributed by atoms with van der Waals surface area (Å²) in [5.74, 6) is -1.71. The Morgan fingerprint density at radius 1 is 1.44 bits per heavy atom. The molecule has 1 rings (SSSR count). The Morgan fingerprint density at radius 2 is 2.06 bits per heavy atom. The monoisotopic (exact) mass is 274 g/mol. The molecule has 18 heavy (non-hydrogen) atoms. The molecule has 0 aliphatic heterocycles. The lowest BCUT2D eigenvalue weighted by Gasteiger charge is -2.14. The van der Waals surface area contributed by atoms with E-state index < -0.39 is 17.5 Å². The van der Waals surface area contributed by atoms with Gasteiger partial charge in [0, 0.05) is 17.8 Å². The molecule has 3 nitrogen and oxygen atoms in total. The van der Waals surface area contributed by atoms with Crippen LogP contribution in [-0.2, 0) is 0 Å². The number of nitrogens with one attached hydrogen (secondary N) is 1. The topological polar surface area (TPSA) is 55.1 Å². The van der Waals surface area contributed by atoms with Gasteiger partial charge in [0.2, 0.25) is 0 Å². The van der Waals surface area contributed by atoms with Crippen molar-refractivity contribution in [3.05, 3.63) is 29.3 Å². The fraction of sp³-hybridized carbons (Fsp3) is 0.417. The van der Waals surface area contributed by atoms with Gasteiger partial charge in [-0.2, -0.15) is 11.8 Å². The van der Waals surface area contributed by atoms with Crippen LogP contribution < -0.4 is 11.1 Å². The summed E-state index contributed by atoms with van der Waals surface area (Å²) < 4.78 is 25.9. The molecule has 0 aliphatic rings. The van der Waals surface area contributed by atoms with Crippen LogP contribution in [0.15, 0.2) is 12.1 Å². The molecule has 0 saturated carbocycles. The number of benzene rings is 1. The van der Waals surface area contributed by atoms with E-state index in [-0.39, 0.29) is 17.3 Å². The first-order valence-electron chi connectivity index (χ1n) is 5.50. The summed E-state index contributed by atoms with van der Waals surface area (Å²) in [7, 11) is 0. The standard InChI is InChI=1S/C12H16F2N2OS/c1-7(3-4-18-2)16-12(17)8-5-9(13)10(14)6-11(8)15/h5-7H,3-4,15H2,1-2H3,(H,16,17). The zero-order chi connectivity index (χ0) is 13.7. The van der Waals surface area contributed by atoms with Gasteiger partial charge in [-0.1, -0.05) is 0 Å². The van der Waals surface area contributed by atoms with Crippen molar-refractivity contribution in [1.29, 1.82) is 0 Å². The fourth-order valence-electron chi connectivity index (χ4n) is 1.43. The van der Waals surface area contributed by atoms with Gasteiger partial charge >= 0.3 is 0 Å². The maximum Gasteiger partial charge on any atom is 0.253 e. The second-order valence-corrected chi connectivity index (χ2v) is 5.00. The molecule has 0 fully saturated rings. The van der Waals surface area contributed by atoms with Crippen LogP contribution in [0.3, 0.4) is 0 Å². The second kappa shape index (κ2) is 6.58. The van der Waals surface area contributed by atoms with Crippen molar-refractivity contribution in [2.75, 3.05) is 17.7 Å². The predicted molar refractivity (Wildman–Crippen MR) is 70.7 cm³/mol. The lowest BCUT2D eigenvalue weighted by molar-refractivity contribution is 0.0940. The van der Waals surface area contributed by atoms with E-state index in [2.05, 4.69) is 5.32 Å². The summed E-state index contributed by atoms with van der Waals surface area (Å²) in [5, 5.41) is 2.70. The Balaban J connectivity index is 2.75. The molecule has 1 unspecified atom stereocenters. The highest BCUT2D eigenvalue weighted by atomic mass is 32.2. The molecule has 0 bridgehead atoms. The van der Waals surface area contributed by atoms with Gasteiger partial charge < -0.3 is 11.1 Å². The van der Waals surface area contributed by atoms with E-state index in [1.165, 1.54) is 0 Å². The molecular formula is C12H16F2N2OS. The van der Waals surface area contributed by atoms with Crippen LogP contribution in [0.1, 0.15) is 23.7 Å². The normalized spacial score (nSPS) is 12.2. The van der Waals surface area contributed by atoms with Crippen molar-refractivity contribution in [1.82, 2.24) is 5.32 Å². The van der Waals surface area contributed by atoms with Crippen molar-refractivity contribution in [2.24, 2.45) is 0 Å². The quantitative estimate of drug-likeness (QED) is 0.811. The summed E-state index contributed by atoms with van der Waals surface area (Å²) in [6.45, 7) is 1.85. The average Bonchev–Trinajstić information content (AvgIpc) is 2.31. The molecule has 0 radical (unpaired) electrons. The minimum atomic E-state index is -1.08. The Morgan fingerprint density at radius 3 is 2.67 bits per heavy atom. The van der Waals surface area contributed by atoms with Gasteiger partial charge in [0.15, 0.2) is 11.6 Å². The number of carbonyl (C=O) groups is 1. The van der Waals surface area contributed by atoms with Crippen LogP contribution in [0.5, 0.6) is 0 Å². The van der Waals surface area contributed by atoms with Crippen LogP contribution in [0.25, 0.3) is 0 Å². The molecule has 0 heterocycles. The maximum atomic E-state index is 13.0. The van der Waals surface area contributed by atoms with E-state index in [1.807, 2.05) is 13.2 Å². The van der Waals surface area contributed by atoms with E-state index in [1.54, 1.807) is 11.8 Å². The third kappa shape index (κ3) is 3.87. The molecule has 1 atom stereocenters. The van der Waals surface area contributed by atoms with Crippen molar-refractivity contribution >= 4 is 23.4 Å². The molecule has 1 aromatic carbocycles. The molecule has 0 aliphatic carbocycles. The molecule has 1 aromatic rings. The highest BCUT2D eigenvalue weighted by molar-refractivity contribution is 7.98. The first-order chi connectivity index (χ1) is 8.45. The van der Waals surface area contributed by atoms with Gasteiger partial charge in [-0.05, 0) is 31.4 Å². The van der Waals surface area contributed by atoms with E-state index in [9.17, 15) is 13.6 Å². The summed E-state index contributed by atoms with van der Waals surface area (Å²) in [4.78, 5) is 11.8. The number of halogens is 2. The number of hydrogen-bond donors (Lipinski definition) is 2. The van der Waals surface area contributed by atoms with Crippen molar-refractivity contribution in [3.8, 4) is 0 Å². The van der Waals surface area contributed by atoms with Crippen molar-refractivity contribution < 1.29 is 13.6 Å². The molecule has 100 valence electrons. The second-order valence-electron chi connectivity index (χ2n) is 4.01. The molecule has 3 N–H and O–H groups in total. The van der Waals surface area contributed by atoms with Crippen molar-refractivity contribution in [3.63, 3.8) is 0 Å². The molecule has 0 aromatic heterocycles. The van der Waals surface area contributed by atoms with Gasteiger partial charge in [-0.3, -0.25) is 4.79 Å². The minimum absolute atomic E-state index is 0.0371. The first-order valence-corrected chi connectivity index (χ1v) is 6.89. The van der Waals surface area contributed by atoms with Crippen LogP contribution >= 0.6 is 11.8 Å². The highest BCUT2D eigenvalue weighted by Crippen LogP contribution is 2.17. The van der Waals surface area contributed by atoms with Gasteiger partial charge in [-0.25, -0.2) is 8.78 Å². The fourth-order valence-corrected chi connectivity index (χ4v) is 2.02. The molecular weight excluding hydrogens is 258 g/mol. The number of carbonyl (C=O) groups excluding carboxylic acids is 1. The number of hydrogen-bond acceptors (Lipinski definition) is 3. The average molecular weight is 274 g/mol. The van der Waals surface area contributed by atoms with Crippen LogP contribution in [0.4, 0.5) is 14.5 Å². The van der Waals surface area contributed by atoms with Crippen LogP contribution in [0, 0.1) is 11.6 Å². The zero-order valence-electron chi connectivity index (χ0n) is 10.3. The van der Waals surface area contributed by atoms with E-state index in [0.29, 0.717) is 0 Å². The Hall–Kier alpha value is -1.30. The van der Waals surface area contributed by atoms with E-state index >= 15 is 0 Å². The van der Waals surface area contributed by atoms with Gasteiger partial charge in [0.05, 0.1) is 5.56 Å². The molecule has 6 heteroatoms. The van der Waals surface area contributed by atoms with Gasteiger partial charge in [0.1, 0.15) is 0 Å². The first kappa shape index (κ1) is 14.8.